The van der Waals surface area contributed by atoms with Gasteiger partial charge in [-0.05, 0) is 10.8 Å². The zero-order valence-electron chi connectivity index (χ0n) is 12.2. The standard InChI is InChI=1S/C14H18N4O5/c19-7-9-11(20)12(21)13(22)14(23-9)18-16-10(15-17-18)6-8-4-2-1-3-5-8/h1-5,9,11-14,19-22H,6-7H2/t9-,11+,12+,13-,14-/m1/s1. The largest absolute Gasteiger partial charge is 0.394 e. The molecular weight excluding hydrogens is 304 g/mol. The van der Waals surface area contributed by atoms with Crippen molar-refractivity contribution >= 4 is 0 Å². The lowest BCUT2D eigenvalue weighted by Crippen LogP contribution is -2.56. The highest BCUT2D eigenvalue weighted by molar-refractivity contribution is 5.18. The molecule has 0 aliphatic carbocycles. The van der Waals surface area contributed by atoms with Crippen molar-refractivity contribution < 1.29 is 25.2 Å². The summed E-state index contributed by atoms with van der Waals surface area (Å²) in [6, 6.07) is 9.56. The van der Waals surface area contributed by atoms with Gasteiger partial charge in [0.15, 0.2) is 12.1 Å². The van der Waals surface area contributed by atoms with Gasteiger partial charge in [0.05, 0.1) is 6.61 Å². The molecule has 124 valence electrons. The van der Waals surface area contributed by atoms with Gasteiger partial charge in [-0.3, -0.25) is 0 Å². The van der Waals surface area contributed by atoms with Gasteiger partial charge in [-0.25, -0.2) is 0 Å². The van der Waals surface area contributed by atoms with Crippen LogP contribution >= 0.6 is 0 Å². The van der Waals surface area contributed by atoms with Gasteiger partial charge in [-0.2, -0.15) is 0 Å². The van der Waals surface area contributed by atoms with Crippen molar-refractivity contribution in [2.75, 3.05) is 6.61 Å². The number of nitrogens with zero attached hydrogens (tertiary/aromatic N) is 4. The third-order valence-corrected chi connectivity index (χ3v) is 3.77. The van der Waals surface area contributed by atoms with E-state index in [9.17, 15) is 20.4 Å². The molecule has 1 aromatic heterocycles. The summed E-state index contributed by atoms with van der Waals surface area (Å²) in [4.78, 5) is 1.04. The molecule has 2 aromatic rings. The van der Waals surface area contributed by atoms with Gasteiger partial charge in [0.1, 0.15) is 24.4 Å². The van der Waals surface area contributed by atoms with Crippen molar-refractivity contribution in [3.63, 3.8) is 0 Å². The van der Waals surface area contributed by atoms with Gasteiger partial charge in [0, 0.05) is 6.42 Å². The quantitative estimate of drug-likeness (QED) is 0.520. The summed E-state index contributed by atoms with van der Waals surface area (Å²) < 4.78 is 5.37. The Morgan fingerprint density at radius 2 is 1.78 bits per heavy atom. The number of aliphatic hydroxyl groups is 4. The Morgan fingerprint density at radius 3 is 2.48 bits per heavy atom. The monoisotopic (exact) mass is 322 g/mol. The zero-order valence-corrected chi connectivity index (χ0v) is 12.2. The lowest BCUT2D eigenvalue weighted by Gasteiger charge is -2.38. The second-order valence-corrected chi connectivity index (χ2v) is 5.41. The molecule has 5 atom stereocenters. The Morgan fingerprint density at radius 1 is 1.04 bits per heavy atom. The molecule has 0 bridgehead atoms. The second-order valence-electron chi connectivity index (χ2n) is 5.41. The number of tetrazole rings is 1. The highest BCUT2D eigenvalue weighted by atomic mass is 16.6. The third-order valence-electron chi connectivity index (χ3n) is 3.77. The Hall–Kier alpha value is -1.91. The van der Waals surface area contributed by atoms with Gasteiger partial charge in [0.25, 0.3) is 0 Å². The van der Waals surface area contributed by atoms with Crippen LogP contribution in [-0.2, 0) is 11.2 Å². The highest BCUT2D eigenvalue weighted by Crippen LogP contribution is 2.27. The van der Waals surface area contributed by atoms with Crippen LogP contribution in [0.2, 0.25) is 0 Å². The predicted octanol–water partition coefficient (Wildman–Crippen LogP) is -1.76. The fourth-order valence-electron chi connectivity index (χ4n) is 2.49. The smallest absolute Gasteiger partial charge is 0.199 e. The van der Waals surface area contributed by atoms with Crippen molar-refractivity contribution in [1.29, 1.82) is 0 Å². The van der Waals surface area contributed by atoms with E-state index in [1.165, 1.54) is 0 Å². The van der Waals surface area contributed by atoms with E-state index in [0.29, 0.717) is 12.2 Å². The molecule has 0 unspecified atom stereocenters. The first-order valence-corrected chi connectivity index (χ1v) is 7.23. The molecule has 0 saturated carbocycles. The van der Waals surface area contributed by atoms with Crippen molar-refractivity contribution in [3.05, 3.63) is 41.7 Å². The van der Waals surface area contributed by atoms with E-state index in [1.54, 1.807) is 0 Å². The van der Waals surface area contributed by atoms with Crippen LogP contribution in [-0.4, -0.2) is 71.7 Å². The molecule has 2 heterocycles. The van der Waals surface area contributed by atoms with Crippen LogP contribution in [0, 0.1) is 0 Å². The number of aliphatic hydroxyl groups excluding tert-OH is 4. The topological polar surface area (TPSA) is 134 Å². The molecule has 23 heavy (non-hydrogen) atoms. The number of rotatable bonds is 4. The SMILES string of the molecule is OC[C@H]1O[C@@H](n2nnc(Cc3ccccc3)n2)[C@H](O)[C@@H](O)[C@H]1O. The molecule has 1 saturated heterocycles. The van der Waals surface area contributed by atoms with E-state index in [1.807, 2.05) is 30.3 Å². The summed E-state index contributed by atoms with van der Waals surface area (Å²) in [5.74, 6) is 0.424. The van der Waals surface area contributed by atoms with E-state index < -0.39 is 37.3 Å². The first-order chi connectivity index (χ1) is 11.1. The molecule has 4 N–H and O–H groups in total. The van der Waals surface area contributed by atoms with E-state index in [0.717, 1.165) is 10.4 Å². The number of hydrogen-bond donors (Lipinski definition) is 4. The minimum absolute atomic E-state index is 0.424. The summed E-state index contributed by atoms with van der Waals surface area (Å²) >= 11 is 0. The first-order valence-electron chi connectivity index (χ1n) is 7.23. The fraction of sp³-hybridized carbons (Fsp3) is 0.500. The number of aromatic nitrogens is 4. The Balaban J connectivity index is 1.76. The number of ether oxygens (including phenoxy) is 1. The van der Waals surface area contributed by atoms with Crippen LogP contribution < -0.4 is 0 Å². The normalized spacial score (nSPS) is 31.2. The van der Waals surface area contributed by atoms with E-state index in [4.69, 9.17) is 4.74 Å². The van der Waals surface area contributed by atoms with Crippen LogP contribution in [0.15, 0.2) is 30.3 Å². The third kappa shape index (κ3) is 3.23. The van der Waals surface area contributed by atoms with Crippen LogP contribution in [0.5, 0.6) is 0 Å². The molecule has 9 nitrogen and oxygen atoms in total. The Labute approximate surface area is 131 Å². The molecule has 1 fully saturated rings. The maximum Gasteiger partial charge on any atom is 0.199 e. The summed E-state index contributed by atoms with van der Waals surface area (Å²) in [5, 5.41) is 50.6. The van der Waals surface area contributed by atoms with Crippen LogP contribution in [0.1, 0.15) is 17.6 Å². The number of hydrogen-bond acceptors (Lipinski definition) is 8. The van der Waals surface area contributed by atoms with Crippen molar-refractivity contribution in [2.24, 2.45) is 0 Å². The minimum atomic E-state index is -1.48. The fourth-order valence-corrected chi connectivity index (χ4v) is 2.49. The molecule has 3 rings (SSSR count). The van der Waals surface area contributed by atoms with E-state index in [2.05, 4.69) is 15.4 Å². The molecular formula is C14H18N4O5. The molecule has 1 aliphatic rings. The maximum absolute atomic E-state index is 10.0. The van der Waals surface area contributed by atoms with E-state index >= 15 is 0 Å². The summed E-state index contributed by atoms with van der Waals surface area (Å²) in [6.45, 7) is -0.507. The minimum Gasteiger partial charge on any atom is -0.394 e. The van der Waals surface area contributed by atoms with E-state index in [-0.39, 0.29) is 0 Å². The van der Waals surface area contributed by atoms with Crippen LogP contribution in [0.25, 0.3) is 0 Å². The summed E-state index contributed by atoms with van der Waals surface area (Å²) in [5.41, 5.74) is 1.00. The lowest BCUT2D eigenvalue weighted by atomic mass is 9.99. The van der Waals surface area contributed by atoms with Crippen molar-refractivity contribution in [3.8, 4) is 0 Å². The average Bonchev–Trinajstić information content (AvgIpc) is 3.02. The predicted molar refractivity (Wildman–Crippen MR) is 76.1 cm³/mol. The molecule has 1 aromatic carbocycles. The Kier molecular flexibility index (Phi) is 4.64. The lowest BCUT2D eigenvalue weighted by molar-refractivity contribution is -0.257. The summed E-state index contributed by atoms with van der Waals surface area (Å²) in [6.07, 6.45) is -6.03. The van der Waals surface area contributed by atoms with Gasteiger partial charge in [-0.15, -0.1) is 15.0 Å². The second kappa shape index (κ2) is 6.69. The molecule has 1 aliphatic heterocycles. The van der Waals surface area contributed by atoms with Crippen LogP contribution in [0.3, 0.4) is 0 Å². The van der Waals surface area contributed by atoms with Gasteiger partial charge >= 0.3 is 0 Å². The molecule has 9 heteroatoms. The van der Waals surface area contributed by atoms with Gasteiger partial charge in [-0.1, -0.05) is 30.3 Å². The Bertz CT molecular complexity index is 635. The molecule has 0 amide bonds. The maximum atomic E-state index is 10.0. The summed E-state index contributed by atoms with van der Waals surface area (Å²) in [7, 11) is 0. The highest BCUT2D eigenvalue weighted by Gasteiger charge is 2.45. The number of benzene rings is 1. The average molecular weight is 322 g/mol. The van der Waals surface area contributed by atoms with Crippen molar-refractivity contribution in [1.82, 2.24) is 20.2 Å². The first kappa shape index (κ1) is 16.0. The zero-order chi connectivity index (χ0) is 16.4. The van der Waals surface area contributed by atoms with Crippen LogP contribution in [0.4, 0.5) is 0 Å². The molecule has 0 spiro atoms. The van der Waals surface area contributed by atoms with Crippen molar-refractivity contribution in [2.45, 2.75) is 37.1 Å². The van der Waals surface area contributed by atoms with Gasteiger partial charge < -0.3 is 25.2 Å². The van der Waals surface area contributed by atoms with Gasteiger partial charge in [0.2, 0.25) is 0 Å². The molecule has 0 radical (unpaired) electrons.